The number of piperidine rings is 1. The standard InChI is InChI=1S/C22H25FN4O/c1-15-11-16(19-13-26-27-20(19)12-15)7-10-25-21(28)22(8-2-9-24-14-22)17-3-5-18(23)6-4-17/h3-6,11-13,24H,2,7-10,14H2,1H3,(H,25,28)(H,26,27)/t22-/m1/s1. The predicted molar refractivity (Wildman–Crippen MR) is 108 cm³/mol. The molecule has 1 aliphatic heterocycles. The number of nitrogens with one attached hydrogen (secondary N) is 3. The number of benzene rings is 2. The summed E-state index contributed by atoms with van der Waals surface area (Å²) in [6, 6.07) is 10.5. The molecule has 3 aromatic rings. The van der Waals surface area contributed by atoms with Gasteiger partial charge in [-0.3, -0.25) is 9.89 Å². The second kappa shape index (κ2) is 7.72. The average Bonchev–Trinajstić information content (AvgIpc) is 3.17. The van der Waals surface area contributed by atoms with E-state index in [4.69, 9.17) is 0 Å². The molecule has 0 bridgehead atoms. The highest BCUT2D eigenvalue weighted by molar-refractivity contribution is 5.89. The van der Waals surface area contributed by atoms with E-state index in [-0.39, 0.29) is 11.7 Å². The molecule has 28 heavy (non-hydrogen) atoms. The molecule has 6 heteroatoms. The Morgan fingerprint density at radius 2 is 2.11 bits per heavy atom. The molecule has 4 rings (SSSR count). The number of fused-ring (bicyclic) bond motifs is 1. The van der Waals surface area contributed by atoms with Crippen LogP contribution in [0.1, 0.15) is 29.5 Å². The number of aryl methyl sites for hydroxylation is 1. The lowest BCUT2D eigenvalue weighted by atomic mass is 9.74. The van der Waals surface area contributed by atoms with Crippen molar-refractivity contribution in [2.45, 2.75) is 31.6 Å². The van der Waals surface area contributed by atoms with Gasteiger partial charge in [-0.05, 0) is 67.6 Å². The second-order valence-electron chi connectivity index (χ2n) is 7.63. The molecule has 1 amide bonds. The van der Waals surface area contributed by atoms with Crippen molar-refractivity contribution in [3.8, 4) is 0 Å². The van der Waals surface area contributed by atoms with Crippen molar-refractivity contribution in [2.24, 2.45) is 0 Å². The summed E-state index contributed by atoms with van der Waals surface area (Å²) in [6.07, 6.45) is 4.24. The molecular weight excluding hydrogens is 355 g/mol. The number of aromatic amines is 1. The summed E-state index contributed by atoms with van der Waals surface area (Å²) in [5, 5.41) is 14.7. The Bertz CT molecular complexity index is 974. The number of carbonyl (C=O) groups is 1. The van der Waals surface area contributed by atoms with E-state index in [1.165, 1.54) is 17.7 Å². The molecule has 5 nitrogen and oxygen atoms in total. The Balaban J connectivity index is 1.50. The summed E-state index contributed by atoms with van der Waals surface area (Å²) in [6.45, 7) is 4.07. The summed E-state index contributed by atoms with van der Waals surface area (Å²) >= 11 is 0. The van der Waals surface area contributed by atoms with Crippen LogP contribution in [-0.2, 0) is 16.6 Å². The molecule has 0 unspecified atom stereocenters. The number of amides is 1. The van der Waals surface area contributed by atoms with Gasteiger partial charge in [-0.2, -0.15) is 5.10 Å². The molecule has 2 heterocycles. The van der Waals surface area contributed by atoms with Gasteiger partial charge in [-0.15, -0.1) is 0 Å². The number of nitrogens with zero attached hydrogens (tertiary/aromatic N) is 1. The van der Waals surface area contributed by atoms with Crippen molar-refractivity contribution in [2.75, 3.05) is 19.6 Å². The minimum atomic E-state index is -0.649. The van der Waals surface area contributed by atoms with Gasteiger partial charge in [0.05, 0.1) is 17.1 Å². The lowest BCUT2D eigenvalue weighted by Crippen LogP contribution is -2.54. The minimum absolute atomic E-state index is 0.00222. The number of halogens is 1. The van der Waals surface area contributed by atoms with Crippen molar-refractivity contribution < 1.29 is 9.18 Å². The van der Waals surface area contributed by atoms with Crippen LogP contribution in [-0.4, -0.2) is 35.7 Å². The van der Waals surface area contributed by atoms with Gasteiger partial charge in [-0.25, -0.2) is 4.39 Å². The van der Waals surface area contributed by atoms with Crippen LogP contribution in [0.4, 0.5) is 4.39 Å². The molecular formula is C22H25FN4O. The summed E-state index contributed by atoms with van der Waals surface area (Å²) in [5.41, 5.74) is 3.56. The Morgan fingerprint density at radius 3 is 2.86 bits per heavy atom. The molecule has 3 N–H and O–H groups in total. The molecule has 2 aromatic carbocycles. The van der Waals surface area contributed by atoms with E-state index >= 15 is 0 Å². The number of hydrogen-bond donors (Lipinski definition) is 3. The van der Waals surface area contributed by atoms with E-state index in [1.54, 1.807) is 12.1 Å². The summed E-state index contributed by atoms with van der Waals surface area (Å²) in [7, 11) is 0. The molecule has 1 atom stereocenters. The highest BCUT2D eigenvalue weighted by Gasteiger charge is 2.41. The van der Waals surface area contributed by atoms with Crippen LogP contribution in [0.15, 0.2) is 42.6 Å². The van der Waals surface area contributed by atoms with Gasteiger partial charge in [-0.1, -0.05) is 18.2 Å². The van der Waals surface area contributed by atoms with E-state index in [0.717, 1.165) is 47.8 Å². The smallest absolute Gasteiger partial charge is 0.231 e. The first-order valence-electron chi connectivity index (χ1n) is 9.76. The summed E-state index contributed by atoms with van der Waals surface area (Å²) in [4.78, 5) is 13.2. The van der Waals surface area contributed by atoms with Crippen LogP contribution < -0.4 is 10.6 Å². The molecule has 1 aliphatic rings. The molecule has 0 saturated carbocycles. The van der Waals surface area contributed by atoms with Crippen molar-refractivity contribution >= 4 is 16.8 Å². The van der Waals surface area contributed by atoms with Gasteiger partial charge in [0, 0.05) is 18.5 Å². The zero-order chi connectivity index (χ0) is 19.6. The third-order valence-electron chi connectivity index (χ3n) is 5.68. The van der Waals surface area contributed by atoms with Gasteiger partial charge in [0.1, 0.15) is 5.82 Å². The molecule has 1 fully saturated rings. The molecule has 146 valence electrons. The van der Waals surface area contributed by atoms with Gasteiger partial charge in [0.15, 0.2) is 0 Å². The third kappa shape index (κ3) is 3.52. The molecule has 0 spiro atoms. The first kappa shape index (κ1) is 18.6. The van der Waals surface area contributed by atoms with E-state index < -0.39 is 5.41 Å². The lowest BCUT2D eigenvalue weighted by molar-refractivity contribution is -0.127. The Hall–Kier alpha value is -2.73. The molecule has 0 aliphatic carbocycles. The maximum atomic E-state index is 13.4. The number of H-pyrrole nitrogens is 1. The molecule has 1 saturated heterocycles. The highest BCUT2D eigenvalue weighted by Crippen LogP contribution is 2.32. The van der Waals surface area contributed by atoms with Crippen molar-refractivity contribution in [3.63, 3.8) is 0 Å². The maximum absolute atomic E-state index is 13.4. The van der Waals surface area contributed by atoms with E-state index in [9.17, 15) is 9.18 Å². The van der Waals surface area contributed by atoms with Gasteiger partial charge < -0.3 is 10.6 Å². The zero-order valence-corrected chi connectivity index (χ0v) is 16.0. The van der Waals surface area contributed by atoms with Gasteiger partial charge in [0.25, 0.3) is 0 Å². The Morgan fingerprint density at radius 1 is 1.29 bits per heavy atom. The van der Waals surface area contributed by atoms with Crippen LogP contribution in [0.3, 0.4) is 0 Å². The van der Waals surface area contributed by atoms with Gasteiger partial charge >= 0.3 is 0 Å². The monoisotopic (exact) mass is 380 g/mol. The maximum Gasteiger partial charge on any atom is 0.231 e. The van der Waals surface area contributed by atoms with Crippen LogP contribution in [0, 0.1) is 12.7 Å². The lowest BCUT2D eigenvalue weighted by Gasteiger charge is -2.36. The Labute approximate surface area is 163 Å². The summed E-state index contributed by atoms with van der Waals surface area (Å²) in [5.74, 6) is -0.283. The predicted octanol–water partition coefficient (Wildman–Crippen LogP) is 2.99. The number of rotatable bonds is 5. The van der Waals surface area contributed by atoms with Crippen molar-refractivity contribution in [1.82, 2.24) is 20.8 Å². The fourth-order valence-corrected chi connectivity index (χ4v) is 4.22. The van der Waals surface area contributed by atoms with Crippen LogP contribution in [0.2, 0.25) is 0 Å². The highest BCUT2D eigenvalue weighted by atomic mass is 19.1. The fraction of sp³-hybridized carbons (Fsp3) is 0.364. The third-order valence-corrected chi connectivity index (χ3v) is 5.68. The van der Waals surface area contributed by atoms with Crippen LogP contribution >= 0.6 is 0 Å². The van der Waals surface area contributed by atoms with E-state index in [2.05, 4.69) is 39.9 Å². The number of hydrogen-bond acceptors (Lipinski definition) is 3. The van der Waals surface area contributed by atoms with E-state index in [1.807, 2.05) is 6.20 Å². The first-order valence-corrected chi connectivity index (χ1v) is 9.76. The SMILES string of the molecule is Cc1cc(CCNC(=O)[C@]2(c3ccc(F)cc3)CCCNC2)c2cn[nH]c2c1. The van der Waals surface area contributed by atoms with Crippen molar-refractivity contribution in [3.05, 3.63) is 65.1 Å². The zero-order valence-electron chi connectivity index (χ0n) is 16.0. The van der Waals surface area contributed by atoms with Crippen LogP contribution in [0.25, 0.3) is 10.9 Å². The average molecular weight is 380 g/mol. The van der Waals surface area contributed by atoms with Crippen molar-refractivity contribution in [1.29, 1.82) is 0 Å². The summed E-state index contributed by atoms with van der Waals surface area (Å²) < 4.78 is 13.4. The quantitative estimate of drug-likeness (QED) is 0.637. The first-order chi connectivity index (χ1) is 13.6. The van der Waals surface area contributed by atoms with Gasteiger partial charge in [0.2, 0.25) is 5.91 Å². The molecule has 1 aromatic heterocycles. The fourth-order valence-electron chi connectivity index (χ4n) is 4.22. The second-order valence-corrected chi connectivity index (χ2v) is 7.63. The topological polar surface area (TPSA) is 69.8 Å². The normalized spacial score (nSPS) is 19.6. The number of aromatic nitrogens is 2. The van der Waals surface area contributed by atoms with Crippen LogP contribution in [0.5, 0.6) is 0 Å². The number of carbonyl (C=O) groups excluding carboxylic acids is 1. The largest absolute Gasteiger partial charge is 0.355 e. The van der Waals surface area contributed by atoms with E-state index in [0.29, 0.717) is 13.1 Å². The Kier molecular flexibility index (Phi) is 5.13. The minimum Gasteiger partial charge on any atom is -0.355 e. The molecule has 0 radical (unpaired) electrons.